The summed E-state index contributed by atoms with van der Waals surface area (Å²) in [6.45, 7) is 19.9. The molecule has 2 saturated heterocycles. The number of hydrogen-bond donors (Lipinski definition) is 0. The maximum atomic E-state index is 5.49. The van der Waals surface area contributed by atoms with Gasteiger partial charge in [0.25, 0.3) is 0 Å². The van der Waals surface area contributed by atoms with Crippen molar-refractivity contribution in [3.63, 3.8) is 0 Å². The van der Waals surface area contributed by atoms with Gasteiger partial charge in [-0.1, -0.05) is 56.4 Å². The van der Waals surface area contributed by atoms with Crippen molar-refractivity contribution in [2.24, 2.45) is 10.8 Å². The molecule has 23 heavy (non-hydrogen) atoms. The van der Waals surface area contributed by atoms with Crippen molar-refractivity contribution < 1.29 is 18.9 Å². The molecule has 4 heteroatoms. The zero-order valence-corrected chi connectivity index (χ0v) is 15.2. The van der Waals surface area contributed by atoms with Gasteiger partial charge in [0.05, 0.1) is 26.4 Å². The zero-order chi connectivity index (χ0) is 16.4. The third-order valence-corrected chi connectivity index (χ3v) is 3.95. The van der Waals surface area contributed by atoms with Gasteiger partial charge in [0.1, 0.15) is 0 Å². The summed E-state index contributed by atoms with van der Waals surface area (Å²) in [5.41, 5.74) is 0.350. The first kappa shape index (κ1) is 25.1. The summed E-state index contributed by atoms with van der Waals surface area (Å²) in [5.74, 6) is -0.689. The Morgan fingerprint density at radius 3 is 1.30 bits per heavy atom. The topological polar surface area (TPSA) is 36.9 Å². The third-order valence-electron chi connectivity index (χ3n) is 3.95. The van der Waals surface area contributed by atoms with Gasteiger partial charge in [-0.05, 0) is 19.3 Å². The Hall–Kier alpha value is -0.160. The van der Waals surface area contributed by atoms with Crippen LogP contribution in [0.4, 0.5) is 0 Å². The predicted molar refractivity (Wildman–Crippen MR) is 97.6 cm³/mol. The van der Waals surface area contributed by atoms with Crippen molar-refractivity contribution in [3.8, 4) is 0 Å². The summed E-state index contributed by atoms with van der Waals surface area (Å²) in [6.07, 6.45) is 0.958. The second-order valence-corrected chi connectivity index (χ2v) is 8.46. The fourth-order valence-electron chi connectivity index (χ4n) is 2.57. The zero-order valence-electron chi connectivity index (χ0n) is 15.2. The van der Waals surface area contributed by atoms with Crippen LogP contribution in [0.25, 0.3) is 0 Å². The minimum Gasteiger partial charge on any atom is -0.348 e. The van der Waals surface area contributed by atoms with Gasteiger partial charge in [-0.15, -0.1) is 0 Å². The molecule has 0 radical (unpaired) electrons. The van der Waals surface area contributed by atoms with Crippen molar-refractivity contribution >= 4 is 0 Å². The average molecular weight is 335 g/mol. The third kappa shape index (κ3) is 7.97. The Bertz CT molecular complexity index is 313. The Morgan fingerprint density at radius 2 is 1.04 bits per heavy atom. The van der Waals surface area contributed by atoms with E-state index in [0.29, 0.717) is 0 Å². The van der Waals surface area contributed by atoms with E-state index in [-0.39, 0.29) is 37.3 Å². The van der Waals surface area contributed by atoms with E-state index in [1.54, 1.807) is 0 Å². The molecule has 0 amide bonds. The van der Waals surface area contributed by atoms with Crippen molar-refractivity contribution in [2.45, 2.75) is 88.2 Å². The lowest BCUT2D eigenvalue weighted by molar-refractivity contribution is -0.208. The first-order valence-corrected chi connectivity index (χ1v) is 7.93. The molecule has 2 aliphatic heterocycles. The smallest absolute Gasteiger partial charge is 0.170 e. The van der Waals surface area contributed by atoms with E-state index in [0.717, 1.165) is 32.8 Å². The van der Waals surface area contributed by atoms with E-state index in [2.05, 4.69) is 41.5 Å². The molecular formula is C19H42O4. The number of rotatable bonds is 1. The first-order valence-electron chi connectivity index (χ1n) is 7.93. The maximum absolute atomic E-state index is 5.49. The van der Waals surface area contributed by atoms with E-state index in [9.17, 15) is 0 Å². The van der Waals surface area contributed by atoms with Crippen molar-refractivity contribution in [2.75, 3.05) is 26.4 Å². The minimum absolute atomic E-state index is 0. The Kier molecular flexibility index (Phi) is 9.59. The molecule has 2 fully saturated rings. The highest BCUT2D eigenvalue weighted by molar-refractivity contribution is 4.82. The Balaban J connectivity index is 0. The van der Waals surface area contributed by atoms with E-state index in [4.69, 9.17) is 18.9 Å². The molecule has 0 N–H and O–H groups in total. The monoisotopic (exact) mass is 334 g/mol. The van der Waals surface area contributed by atoms with Crippen LogP contribution in [-0.2, 0) is 18.9 Å². The second-order valence-electron chi connectivity index (χ2n) is 8.46. The van der Waals surface area contributed by atoms with Gasteiger partial charge in [-0.3, -0.25) is 0 Å². The number of ether oxygens (including phenoxy) is 4. The van der Waals surface area contributed by atoms with Gasteiger partial charge in [-0.25, -0.2) is 0 Å². The molecule has 4 nitrogen and oxygen atoms in total. The number of hydrogen-bond acceptors (Lipinski definition) is 4. The van der Waals surface area contributed by atoms with Gasteiger partial charge < -0.3 is 18.9 Å². The van der Waals surface area contributed by atoms with Crippen LogP contribution in [0.1, 0.15) is 76.7 Å². The van der Waals surface area contributed by atoms with Gasteiger partial charge in [0.2, 0.25) is 0 Å². The van der Waals surface area contributed by atoms with E-state index < -0.39 is 0 Å². The van der Waals surface area contributed by atoms with Crippen LogP contribution in [0.3, 0.4) is 0 Å². The lowest BCUT2D eigenvalue weighted by Crippen LogP contribution is -2.40. The molecule has 142 valence electrons. The van der Waals surface area contributed by atoms with Crippen molar-refractivity contribution in [1.82, 2.24) is 0 Å². The summed E-state index contributed by atoms with van der Waals surface area (Å²) in [7, 11) is 0. The molecule has 2 rings (SSSR count). The van der Waals surface area contributed by atoms with Crippen LogP contribution in [-0.4, -0.2) is 38.0 Å². The average Bonchev–Trinajstić information content (AvgIpc) is 2.85. The lowest BCUT2D eigenvalue weighted by atomic mass is 9.87. The quantitative estimate of drug-likeness (QED) is 0.656. The van der Waals surface area contributed by atoms with E-state index >= 15 is 0 Å². The molecule has 0 aliphatic carbocycles. The summed E-state index contributed by atoms with van der Waals surface area (Å²) in [5, 5.41) is 0. The summed E-state index contributed by atoms with van der Waals surface area (Å²) in [6, 6.07) is 0. The first-order chi connectivity index (χ1) is 9.37. The molecule has 0 bridgehead atoms. The second kappa shape index (κ2) is 8.80. The van der Waals surface area contributed by atoms with E-state index in [1.807, 2.05) is 13.8 Å². The molecule has 0 spiro atoms. The Labute approximate surface area is 145 Å². The molecule has 0 saturated carbocycles. The summed E-state index contributed by atoms with van der Waals surface area (Å²) in [4.78, 5) is 0. The van der Waals surface area contributed by atoms with Crippen LogP contribution >= 0.6 is 0 Å². The maximum Gasteiger partial charge on any atom is 0.170 e. The van der Waals surface area contributed by atoms with Crippen LogP contribution < -0.4 is 0 Å². The molecule has 0 atom stereocenters. The van der Waals surface area contributed by atoms with Gasteiger partial charge in [0, 0.05) is 11.8 Å². The minimum atomic E-state index is -0.368. The molecule has 0 aromatic heterocycles. The van der Waals surface area contributed by atoms with E-state index in [1.165, 1.54) is 0 Å². The molecule has 2 heterocycles. The molecule has 0 aromatic carbocycles. The fraction of sp³-hybridized carbons (Fsp3) is 1.00. The van der Waals surface area contributed by atoms with Gasteiger partial charge in [0.15, 0.2) is 11.6 Å². The highest BCUT2D eigenvalue weighted by atomic mass is 16.7. The van der Waals surface area contributed by atoms with Gasteiger partial charge >= 0.3 is 0 Å². The summed E-state index contributed by atoms with van der Waals surface area (Å²) < 4.78 is 22.0. The molecular weight excluding hydrogens is 292 g/mol. The van der Waals surface area contributed by atoms with Gasteiger partial charge in [-0.2, -0.15) is 0 Å². The lowest BCUT2D eigenvalue weighted by Gasteiger charge is -2.36. The van der Waals surface area contributed by atoms with Crippen molar-refractivity contribution in [3.05, 3.63) is 0 Å². The van der Waals surface area contributed by atoms with Crippen LogP contribution in [0, 0.1) is 10.8 Å². The molecule has 2 aliphatic rings. The van der Waals surface area contributed by atoms with Crippen LogP contribution in [0.5, 0.6) is 0 Å². The Morgan fingerprint density at radius 1 is 0.696 bits per heavy atom. The summed E-state index contributed by atoms with van der Waals surface area (Å²) >= 11 is 0. The van der Waals surface area contributed by atoms with Crippen LogP contribution in [0.15, 0.2) is 0 Å². The predicted octanol–water partition coefficient (Wildman–Crippen LogP) is 5.25. The SMILES string of the molecule is C.C.CC(C)(C)C1(C)OCCO1.CC(C)(C)CC1(C)OCCO1. The van der Waals surface area contributed by atoms with Crippen molar-refractivity contribution in [1.29, 1.82) is 0 Å². The highest BCUT2D eigenvalue weighted by Crippen LogP contribution is 2.37. The largest absolute Gasteiger partial charge is 0.348 e. The fourth-order valence-corrected chi connectivity index (χ4v) is 2.57. The normalized spacial score (nSPS) is 22.4. The highest BCUT2D eigenvalue weighted by Gasteiger charge is 2.42. The molecule has 0 aromatic rings. The van der Waals surface area contributed by atoms with Crippen LogP contribution in [0.2, 0.25) is 0 Å². The molecule has 0 unspecified atom stereocenters. The standard InChI is InChI=1S/C9H18O2.C8H16O2.2CH4/c1-8(2,3)7-9(4)10-5-6-11-9;1-7(2,3)8(4)9-5-6-10-8;;/h5-7H2,1-4H3;5-6H2,1-4H3;2*1H4.